The summed E-state index contributed by atoms with van der Waals surface area (Å²) in [5, 5.41) is 0. The van der Waals surface area contributed by atoms with Gasteiger partial charge in [0.1, 0.15) is 0 Å². The minimum absolute atomic E-state index is 0.729. The van der Waals surface area contributed by atoms with E-state index < -0.39 is 12.1 Å². The smallest absolute Gasteiger partial charge is 0.170 e. The summed E-state index contributed by atoms with van der Waals surface area (Å²) < 4.78 is 36.1. The van der Waals surface area contributed by atoms with E-state index in [1.807, 2.05) is 0 Å². The average Bonchev–Trinajstić information content (AvgIpc) is 2.11. The lowest BCUT2D eigenvalue weighted by molar-refractivity contribution is -0.148. The molecular formula is C8H9F3. The molecule has 0 aromatic heterocycles. The molecule has 11 heavy (non-hydrogen) atoms. The Labute approximate surface area is 63.4 Å². The summed E-state index contributed by atoms with van der Waals surface area (Å²) in [5.74, 6) is -1.36. The fourth-order valence-electron chi connectivity index (χ4n) is 1.04. The van der Waals surface area contributed by atoms with Gasteiger partial charge in [0, 0.05) is 0 Å². The number of rotatable bonds is 0. The summed E-state index contributed by atoms with van der Waals surface area (Å²) in [5.41, 5.74) is 1.46. The van der Waals surface area contributed by atoms with Crippen LogP contribution in [0.5, 0.6) is 0 Å². The molecule has 62 valence electrons. The monoisotopic (exact) mass is 162 g/mol. The summed E-state index contributed by atoms with van der Waals surface area (Å²) >= 11 is 0. The molecule has 0 aromatic rings. The molecule has 3 heteroatoms. The first-order valence-electron chi connectivity index (χ1n) is 3.35. The fraction of sp³-hybridized carbons (Fsp3) is 0.500. The van der Waals surface area contributed by atoms with Crippen LogP contribution < -0.4 is 0 Å². The molecular weight excluding hydrogens is 153 g/mol. The average molecular weight is 162 g/mol. The first kappa shape index (κ1) is 8.37. The van der Waals surface area contributed by atoms with Gasteiger partial charge in [-0.15, -0.1) is 0 Å². The van der Waals surface area contributed by atoms with Crippen LogP contribution in [0.1, 0.15) is 13.8 Å². The molecule has 1 aliphatic rings. The van der Waals surface area contributed by atoms with Gasteiger partial charge in [0.05, 0.1) is 5.92 Å². The van der Waals surface area contributed by atoms with Gasteiger partial charge in [0.25, 0.3) is 0 Å². The van der Waals surface area contributed by atoms with Crippen molar-refractivity contribution in [2.24, 2.45) is 5.92 Å². The van der Waals surface area contributed by atoms with Crippen molar-refractivity contribution in [3.8, 4) is 0 Å². The van der Waals surface area contributed by atoms with Gasteiger partial charge in [-0.1, -0.05) is 23.3 Å². The highest BCUT2D eigenvalue weighted by molar-refractivity contribution is 5.36. The number of allylic oxidation sites excluding steroid dienone is 4. The van der Waals surface area contributed by atoms with Crippen molar-refractivity contribution in [2.45, 2.75) is 20.0 Å². The van der Waals surface area contributed by atoms with Gasteiger partial charge in [0.2, 0.25) is 0 Å². The number of alkyl halides is 3. The Morgan fingerprint density at radius 3 is 1.64 bits per heavy atom. The molecule has 0 fully saturated rings. The molecule has 0 radical (unpaired) electrons. The maximum absolute atomic E-state index is 12.0. The second-order valence-corrected chi connectivity index (χ2v) is 2.77. The molecule has 0 amide bonds. The van der Waals surface area contributed by atoms with Crippen molar-refractivity contribution in [2.75, 3.05) is 0 Å². The van der Waals surface area contributed by atoms with E-state index in [-0.39, 0.29) is 0 Å². The predicted octanol–water partition coefficient (Wildman–Crippen LogP) is 3.07. The summed E-state index contributed by atoms with van der Waals surface area (Å²) in [4.78, 5) is 0. The van der Waals surface area contributed by atoms with Crippen LogP contribution >= 0.6 is 0 Å². The zero-order valence-electron chi connectivity index (χ0n) is 6.37. The van der Waals surface area contributed by atoms with Gasteiger partial charge in [-0.05, 0) is 13.8 Å². The summed E-state index contributed by atoms with van der Waals surface area (Å²) in [6.07, 6.45) is -1.62. The van der Waals surface area contributed by atoms with E-state index in [4.69, 9.17) is 0 Å². The number of hydrogen-bond donors (Lipinski definition) is 0. The van der Waals surface area contributed by atoms with E-state index in [9.17, 15) is 13.2 Å². The molecule has 0 nitrogen and oxygen atoms in total. The molecule has 0 saturated carbocycles. The van der Waals surface area contributed by atoms with Crippen molar-refractivity contribution in [1.82, 2.24) is 0 Å². The summed E-state index contributed by atoms with van der Waals surface area (Å²) in [6, 6.07) is 0. The molecule has 0 atom stereocenters. The summed E-state index contributed by atoms with van der Waals surface area (Å²) in [6.45, 7) is 3.38. The van der Waals surface area contributed by atoms with E-state index in [1.54, 1.807) is 13.8 Å². The second kappa shape index (κ2) is 2.40. The Bertz CT molecular complexity index is 202. The van der Waals surface area contributed by atoms with Crippen molar-refractivity contribution >= 4 is 0 Å². The Kier molecular flexibility index (Phi) is 1.82. The van der Waals surface area contributed by atoms with E-state index in [2.05, 4.69) is 0 Å². The summed E-state index contributed by atoms with van der Waals surface area (Å²) in [7, 11) is 0. The van der Waals surface area contributed by atoms with Gasteiger partial charge in [-0.25, -0.2) is 0 Å². The molecule has 0 aromatic carbocycles. The molecule has 0 bridgehead atoms. The van der Waals surface area contributed by atoms with E-state index >= 15 is 0 Å². The molecule has 0 aliphatic heterocycles. The van der Waals surface area contributed by atoms with Crippen LogP contribution in [0.25, 0.3) is 0 Å². The third-order valence-electron chi connectivity index (χ3n) is 1.86. The highest BCUT2D eigenvalue weighted by atomic mass is 19.4. The minimum Gasteiger partial charge on any atom is -0.170 e. The molecule has 0 heterocycles. The number of halogens is 3. The second-order valence-electron chi connectivity index (χ2n) is 2.77. The highest BCUT2D eigenvalue weighted by Gasteiger charge is 2.38. The molecule has 0 saturated heterocycles. The lowest BCUT2D eigenvalue weighted by Crippen LogP contribution is -2.17. The van der Waals surface area contributed by atoms with E-state index in [1.165, 1.54) is 12.2 Å². The third kappa shape index (κ3) is 1.64. The largest absolute Gasteiger partial charge is 0.398 e. The third-order valence-corrected chi connectivity index (χ3v) is 1.86. The lowest BCUT2D eigenvalue weighted by Gasteiger charge is -2.09. The Morgan fingerprint density at radius 1 is 1.09 bits per heavy atom. The zero-order valence-corrected chi connectivity index (χ0v) is 6.37. The van der Waals surface area contributed by atoms with Crippen LogP contribution in [0.3, 0.4) is 0 Å². The zero-order chi connectivity index (χ0) is 8.65. The van der Waals surface area contributed by atoms with E-state index in [0.29, 0.717) is 0 Å². The standard InChI is InChI=1S/C8H9F3/c1-5-3-7(4-6(5)2)8(9,10)11/h3-4,7H,1-2H3. The van der Waals surface area contributed by atoms with Crippen molar-refractivity contribution in [3.05, 3.63) is 23.3 Å². The van der Waals surface area contributed by atoms with Crippen LogP contribution in [0.15, 0.2) is 23.3 Å². The van der Waals surface area contributed by atoms with Crippen LogP contribution in [-0.2, 0) is 0 Å². The van der Waals surface area contributed by atoms with Crippen LogP contribution in [-0.4, -0.2) is 6.18 Å². The predicted molar refractivity (Wildman–Crippen MR) is 37.1 cm³/mol. The van der Waals surface area contributed by atoms with Gasteiger partial charge in [0.15, 0.2) is 0 Å². The van der Waals surface area contributed by atoms with Crippen LogP contribution in [0.4, 0.5) is 13.2 Å². The molecule has 1 rings (SSSR count). The first-order valence-corrected chi connectivity index (χ1v) is 3.35. The SMILES string of the molecule is CC1=CC(C(F)(F)F)C=C1C. The molecule has 1 aliphatic carbocycles. The van der Waals surface area contributed by atoms with E-state index in [0.717, 1.165) is 11.1 Å². The Balaban J connectivity index is 2.84. The first-order chi connectivity index (χ1) is 4.91. The maximum atomic E-state index is 12.0. The van der Waals surface area contributed by atoms with Gasteiger partial charge in [-0.2, -0.15) is 13.2 Å². The van der Waals surface area contributed by atoms with Crippen LogP contribution in [0.2, 0.25) is 0 Å². The lowest BCUT2D eigenvalue weighted by atomic mass is 10.1. The number of hydrogen-bond acceptors (Lipinski definition) is 0. The molecule has 0 unspecified atom stereocenters. The van der Waals surface area contributed by atoms with Gasteiger partial charge in [-0.3, -0.25) is 0 Å². The topological polar surface area (TPSA) is 0 Å². The van der Waals surface area contributed by atoms with Gasteiger partial charge < -0.3 is 0 Å². The quantitative estimate of drug-likeness (QED) is 0.513. The van der Waals surface area contributed by atoms with Gasteiger partial charge >= 0.3 is 6.18 Å². The molecule has 0 spiro atoms. The van der Waals surface area contributed by atoms with Crippen molar-refractivity contribution in [1.29, 1.82) is 0 Å². The molecule has 0 N–H and O–H groups in total. The Hall–Kier alpha value is -0.730. The van der Waals surface area contributed by atoms with Crippen molar-refractivity contribution < 1.29 is 13.2 Å². The minimum atomic E-state index is -4.11. The normalized spacial score (nSPS) is 20.1. The fourth-order valence-corrected chi connectivity index (χ4v) is 1.04. The maximum Gasteiger partial charge on any atom is 0.398 e. The van der Waals surface area contributed by atoms with Crippen molar-refractivity contribution in [3.63, 3.8) is 0 Å². The van der Waals surface area contributed by atoms with Crippen LogP contribution in [0, 0.1) is 5.92 Å². The highest BCUT2D eigenvalue weighted by Crippen LogP contribution is 2.35. The Morgan fingerprint density at radius 2 is 1.45 bits per heavy atom.